The number of urea groups is 1. The number of hydrogen-bond donors (Lipinski definition) is 2. The van der Waals surface area contributed by atoms with Crippen LogP contribution < -0.4 is 15.5 Å². The number of nitrogens with zero attached hydrogens (tertiary/aromatic N) is 1. The first-order valence-electron chi connectivity index (χ1n) is 10.3. The molecule has 8 heteroatoms. The lowest BCUT2D eigenvalue weighted by atomic mass is 9.96. The zero-order chi connectivity index (χ0) is 22.2. The number of carbonyl (C=O) groups excluding carboxylic acids is 3. The second-order valence-electron chi connectivity index (χ2n) is 7.30. The molecule has 0 aromatic heterocycles. The van der Waals surface area contributed by atoms with Crippen molar-refractivity contribution in [2.24, 2.45) is 0 Å². The molecule has 0 spiro atoms. The summed E-state index contributed by atoms with van der Waals surface area (Å²) in [5, 5.41) is 5.84. The third-order valence-corrected chi connectivity index (χ3v) is 5.23. The van der Waals surface area contributed by atoms with Gasteiger partial charge in [-0.2, -0.15) is 0 Å². The quantitative estimate of drug-likeness (QED) is 0.700. The van der Waals surface area contributed by atoms with Gasteiger partial charge in [0.05, 0.1) is 19.8 Å². The highest BCUT2D eigenvalue weighted by molar-refractivity contribution is 6.05. The zero-order valence-corrected chi connectivity index (χ0v) is 17.7. The van der Waals surface area contributed by atoms with Gasteiger partial charge in [-0.05, 0) is 49.3 Å². The maximum atomic E-state index is 12.5. The minimum absolute atomic E-state index is 0.0371. The van der Waals surface area contributed by atoms with Gasteiger partial charge >= 0.3 is 18.0 Å². The maximum Gasteiger partial charge on any atom is 0.355 e. The second kappa shape index (κ2) is 10.5. The highest BCUT2D eigenvalue weighted by Gasteiger charge is 2.27. The summed E-state index contributed by atoms with van der Waals surface area (Å²) in [6.07, 6.45) is 12.0. The summed E-state index contributed by atoms with van der Waals surface area (Å²) < 4.78 is 9.71. The Morgan fingerprint density at radius 3 is 2.26 bits per heavy atom. The highest BCUT2D eigenvalue weighted by Crippen LogP contribution is 2.27. The van der Waals surface area contributed by atoms with Crippen LogP contribution in [0.5, 0.6) is 0 Å². The molecule has 164 valence electrons. The molecule has 0 unspecified atom stereocenters. The molecule has 0 saturated heterocycles. The monoisotopic (exact) mass is 425 g/mol. The van der Waals surface area contributed by atoms with Gasteiger partial charge in [-0.15, -0.1) is 0 Å². The number of hydrogen-bond acceptors (Lipinski definition) is 6. The Hall–Kier alpha value is -3.55. The third-order valence-electron chi connectivity index (χ3n) is 5.23. The van der Waals surface area contributed by atoms with Crippen molar-refractivity contribution in [2.45, 2.75) is 38.1 Å². The number of carbonyl (C=O) groups is 3. The van der Waals surface area contributed by atoms with E-state index in [9.17, 15) is 14.4 Å². The van der Waals surface area contributed by atoms with E-state index in [4.69, 9.17) is 9.47 Å². The van der Waals surface area contributed by atoms with Crippen molar-refractivity contribution in [1.29, 1.82) is 0 Å². The van der Waals surface area contributed by atoms with Crippen molar-refractivity contribution >= 4 is 29.3 Å². The van der Waals surface area contributed by atoms with Crippen LogP contribution in [0.15, 0.2) is 60.0 Å². The van der Waals surface area contributed by atoms with E-state index in [0.29, 0.717) is 11.4 Å². The van der Waals surface area contributed by atoms with Crippen LogP contribution in [0.1, 0.15) is 32.1 Å². The van der Waals surface area contributed by atoms with Gasteiger partial charge in [0, 0.05) is 23.6 Å². The first-order chi connectivity index (χ1) is 15.0. The van der Waals surface area contributed by atoms with Crippen molar-refractivity contribution in [3.8, 4) is 0 Å². The normalized spacial score (nSPS) is 16.5. The summed E-state index contributed by atoms with van der Waals surface area (Å²) in [6.45, 7) is 0. The number of nitrogens with one attached hydrogen (secondary N) is 2. The molecule has 1 aromatic rings. The van der Waals surface area contributed by atoms with E-state index < -0.39 is 11.9 Å². The Morgan fingerprint density at radius 2 is 1.61 bits per heavy atom. The number of methoxy groups -OCH3 is 2. The first kappa shape index (κ1) is 22.1. The van der Waals surface area contributed by atoms with Crippen molar-refractivity contribution in [3.63, 3.8) is 0 Å². The molecule has 1 fully saturated rings. The minimum atomic E-state index is -0.675. The van der Waals surface area contributed by atoms with Gasteiger partial charge in [-0.1, -0.05) is 25.3 Å². The topological polar surface area (TPSA) is 97.0 Å². The molecular formula is C23H27N3O5. The smallest absolute Gasteiger partial charge is 0.355 e. The molecule has 1 aliphatic carbocycles. The molecule has 8 nitrogen and oxygen atoms in total. The molecule has 2 aliphatic rings. The predicted molar refractivity (Wildman–Crippen MR) is 117 cm³/mol. The fourth-order valence-corrected chi connectivity index (χ4v) is 3.67. The molecule has 3 rings (SSSR count). The lowest BCUT2D eigenvalue weighted by Gasteiger charge is -2.24. The Kier molecular flexibility index (Phi) is 7.48. The maximum absolute atomic E-state index is 12.5. The third kappa shape index (κ3) is 5.53. The molecular weight excluding hydrogens is 398 g/mol. The van der Waals surface area contributed by atoms with Crippen LogP contribution in [0, 0.1) is 0 Å². The number of anilines is 2. The van der Waals surface area contributed by atoms with Crippen LogP contribution in [0.25, 0.3) is 0 Å². The number of allylic oxidation sites excluding steroid dienone is 2. The van der Waals surface area contributed by atoms with Crippen LogP contribution in [-0.4, -0.2) is 38.2 Å². The lowest BCUT2D eigenvalue weighted by molar-refractivity contribution is -0.139. The SMILES string of the molecule is COC(=O)C1=C(C(=O)OC)N(c2ccc(NC(=O)NC3CCCCC3)cc2)C=CC=C1. The molecule has 0 radical (unpaired) electrons. The Morgan fingerprint density at radius 1 is 0.935 bits per heavy atom. The summed E-state index contributed by atoms with van der Waals surface area (Å²) in [5.41, 5.74) is 1.34. The van der Waals surface area contributed by atoms with Gasteiger partial charge in [0.1, 0.15) is 5.70 Å². The highest BCUT2D eigenvalue weighted by atomic mass is 16.5. The van der Waals surface area contributed by atoms with E-state index in [2.05, 4.69) is 10.6 Å². The van der Waals surface area contributed by atoms with E-state index in [1.807, 2.05) is 0 Å². The molecule has 1 aliphatic heterocycles. The van der Waals surface area contributed by atoms with E-state index in [0.717, 1.165) is 25.7 Å². The largest absolute Gasteiger partial charge is 0.465 e. The summed E-state index contributed by atoms with van der Waals surface area (Å²) >= 11 is 0. The van der Waals surface area contributed by atoms with Gasteiger partial charge in [0.15, 0.2) is 0 Å². The molecule has 1 saturated carbocycles. The van der Waals surface area contributed by atoms with Gasteiger partial charge in [0.25, 0.3) is 0 Å². The number of amides is 2. The summed E-state index contributed by atoms with van der Waals surface area (Å²) in [5.74, 6) is -1.33. The van der Waals surface area contributed by atoms with E-state index in [1.54, 1.807) is 47.5 Å². The summed E-state index contributed by atoms with van der Waals surface area (Å²) in [4.78, 5) is 38.5. The van der Waals surface area contributed by atoms with E-state index in [1.165, 1.54) is 26.7 Å². The fourth-order valence-electron chi connectivity index (χ4n) is 3.67. The number of benzene rings is 1. The molecule has 0 atom stereocenters. The van der Waals surface area contributed by atoms with E-state index >= 15 is 0 Å². The molecule has 0 bridgehead atoms. The van der Waals surface area contributed by atoms with E-state index in [-0.39, 0.29) is 23.3 Å². The fraction of sp³-hybridized carbons (Fsp3) is 0.348. The van der Waals surface area contributed by atoms with Crippen LogP contribution in [0.3, 0.4) is 0 Å². The summed E-state index contributed by atoms with van der Waals surface area (Å²) in [6, 6.07) is 6.92. The summed E-state index contributed by atoms with van der Waals surface area (Å²) in [7, 11) is 2.50. The Bertz CT molecular complexity index is 912. The van der Waals surface area contributed by atoms with Crippen LogP contribution in [0.2, 0.25) is 0 Å². The van der Waals surface area contributed by atoms with Gasteiger partial charge in [-0.3, -0.25) is 0 Å². The molecule has 1 aromatic carbocycles. The van der Waals surface area contributed by atoms with Gasteiger partial charge in [0.2, 0.25) is 0 Å². The number of rotatable bonds is 5. The molecule has 1 heterocycles. The average molecular weight is 425 g/mol. The standard InChI is InChI=1S/C23H27N3O5/c1-30-21(27)19-10-6-7-15-26(20(19)22(28)31-2)18-13-11-17(12-14-18)25-23(29)24-16-8-4-3-5-9-16/h6-7,10-16H,3-5,8-9H2,1-2H3,(H2,24,25,29). The Balaban J connectivity index is 1.78. The average Bonchev–Trinajstić information content (AvgIpc) is 3.02. The van der Waals surface area contributed by atoms with Crippen LogP contribution >= 0.6 is 0 Å². The Labute approximate surface area is 181 Å². The molecule has 2 N–H and O–H groups in total. The predicted octanol–water partition coefficient (Wildman–Crippen LogP) is 3.63. The molecule has 2 amide bonds. The second-order valence-corrected chi connectivity index (χ2v) is 7.30. The van der Waals surface area contributed by atoms with Gasteiger partial charge in [-0.25, -0.2) is 14.4 Å². The lowest BCUT2D eigenvalue weighted by Crippen LogP contribution is -2.39. The number of ether oxygens (including phenoxy) is 2. The first-order valence-corrected chi connectivity index (χ1v) is 10.3. The van der Waals surface area contributed by atoms with Crippen LogP contribution in [0.4, 0.5) is 16.2 Å². The van der Waals surface area contributed by atoms with Crippen molar-refractivity contribution in [1.82, 2.24) is 5.32 Å². The van der Waals surface area contributed by atoms with Crippen molar-refractivity contribution in [2.75, 3.05) is 24.4 Å². The van der Waals surface area contributed by atoms with Crippen molar-refractivity contribution < 1.29 is 23.9 Å². The minimum Gasteiger partial charge on any atom is -0.465 e. The molecule has 31 heavy (non-hydrogen) atoms. The van der Waals surface area contributed by atoms with Gasteiger partial charge < -0.3 is 25.0 Å². The number of esters is 2. The van der Waals surface area contributed by atoms with Crippen LogP contribution in [-0.2, 0) is 19.1 Å². The zero-order valence-electron chi connectivity index (χ0n) is 17.7. The van der Waals surface area contributed by atoms with Crippen molar-refractivity contribution in [3.05, 3.63) is 60.0 Å².